The summed E-state index contributed by atoms with van der Waals surface area (Å²) in [4.78, 5) is 0. The van der Waals surface area contributed by atoms with Gasteiger partial charge in [-0.1, -0.05) is 32.8 Å². The Hall–Kier alpha value is -0.890. The van der Waals surface area contributed by atoms with E-state index in [1.807, 2.05) is 13.0 Å². The molecule has 0 aliphatic carbocycles. The number of aliphatic hydroxyl groups excluding tert-OH is 1. The van der Waals surface area contributed by atoms with Gasteiger partial charge < -0.3 is 5.11 Å². The van der Waals surface area contributed by atoms with Gasteiger partial charge in [0.25, 0.3) is 0 Å². The molecule has 1 N–H and O–H groups in total. The summed E-state index contributed by atoms with van der Waals surface area (Å²) in [5, 5.41) is 10.3. The highest BCUT2D eigenvalue weighted by Crippen LogP contribution is 2.30. The molecule has 0 aliphatic rings. The summed E-state index contributed by atoms with van der Waals surface area (Å²) in [7, 11) is 0. The predicted molar refractivity (Wildman–Crippen MR) is 69.4 cm³/mol. The SMILES string of the molecule is CCCC(CCC)C(O)c1cc(C)cc(F)c1. The Kier molecular flexibility index (Phi) is 5.63. The van der Waals surface area contributed by atoms with Crippen LogP contribution in [0.15, 0.2) is 18.2 Å². The van der Waals surface area contributed by atoms with E-state index in [2.05, 4.69) is 13.8 Å². The van der Waals surface area contributed by atoms with E-state index < -0.39 is 6.10 Å². The third kappa shape index (κ3) is 4.12. The first kappa shape index (κ1) is 14.2. The molecule has 0 radical (unpaired) electrons. The van der Waals surface area contributed by atoms with Gasteiger partial charge >= 0.3 is 0 Å². The van der Waals surface area contributed by atoms with Crippen LogP contribution in [0.25, 0.3) is 0 Å². The van der Waals surface area contributed by atoms with E-state index in [0.29, 0.717) is 0 Å². The molecule has 1 unspecified atom stereocenters. The normalized spacial score (nSPS) is 13.1. The highest BCUT2D eigenvalue weighted by molar-refractivity contribution is 5.25. The average Bonchev–Trinajstić information content (AvgIpc) is 2.26. The second kappa shape index (κ2) is 6.75. The van der Waals surface area contributed by atoms with E-state index in [9.17, 15) is 9.50 Å². The number of aryl methyl sites for hydroxylation is 1. The molecule has 0 spiro atoms. The topological polar surface area (TPSA) is 20.2 Å². The van der Waals surface area contributed by atoms with Gasteiger partial charge in [-0.15, -0.1) is 0 Å². The molecule has 1 atom stereocenters. The van der Waals surface area contributed by atoms with Gasteiger partial charge in [-0.3, -0.25) is 0 Å². The molecule has 1 nitrogen and oxygen atoms in total. The van der Waals surface area contributed by atoms with E-state index in [4.69, 9.17) is 0 Å². The van der Waals surface area contributed by atoms with Crippen LogP contribution in [0.2, 0.25) is 0 Å². The molecule has 1 rings (SSSR count). The summed E-state index contributed by atoms with van der Waals surface area (Å²) in [6.07, 6.45) is 3.55. The second-order valence-corrected chi connectivity index (χ2v) is 4.84. The molecule has 1 aromatic rings. The van der Waals surface area contributed by atoms with Gasteiger partial charge in [0.1, 0.15) is 5.82 Å². The van der Waals surface area contributed by atoms with Crippen molar-refractivity contribution in [3.63, 3.8) is 0 Å². The van der Waals surface area contributed by atoms with E-state index >= 15 is 0 Å². The Bertz CT molecular complexity index is 323. The van der Waals surface area contributed by atoms with Crippen LogP contribution in [0, 0.1) is 18.7 Å². The Morgan fingerprint density at radius 3 is 2.18 bits per heavy atom. The molecular weight excluding hydrogens is 215 g/mol. The Balaban J connectivity index is 2.87. The summed E-state index contributed by atoms with van der Waals surface area (Å²) in [5.41, 5.74) is 1.58. The molecule has 2 heteroatoms. The minimum Gasteiger partial charge on any atom is -0.388 e. The van der Waals surface area contributed by atoms with Crippen molar-refractivity contribution in [1.82, 2.24) is 0 Å². The van der Waals surface area contributed by atoms with Crippen LogP contribution >= 0.6 is 0 Å². The number of benzene rings is 1. The van der Waals surface area contributed by atoms with E-state index in [1.165, 1.54) is 12.1 Å². The quantitative estimate of drug-likeness (QED) is 0.779. The van der Waals surface area contributed by atoms with Crippen LogP contribution in [0.5, 0.6) is 0 Å². The van der Waals surface area contributed by atoms with Crippen molar-refractivity contribution in [3.05, 3.63) is 35.1 Å². The first-order chi connectivity index (χ1) is 8.08. The van der Waals surface area contributed by atoms with E-state index in [1.54, 1.807) is 0 Å². The highest BCUT2D eigenvalue weighted by atomic mass is 19.1. The maximum atomic E-state index is 13.3. The maximum Gasteiger partial charge on any atom is 0.123 e. The lowest BCUT2D eigenvalue weighted by molar-refractivity contribution is 0.0961. The smallest absolute Gasteiger partial charge is 0.123 e. The van der Waals surface area contributed by atoms with Crippen molar-refractivity contribution in [2.24, 2.45) is 5.92 Å². The molecule has 0 aliphatic heterocycles. The molecule has 1 aromatic carbocycles. The van der Waals surface area contributed by atoms with Crippen molar-refractivity contribution in [2.45, 2.75) is 52.6 Å². The van der Waals surface area contributed by atoms with Gasteiger partial charge in [-0.2, -0.15) is 0 Å². The van der Waals surface area contributed by atoms with E-state index in [0.717, 1.165) is 36.8 Å². The largest absolute Gasteiger partial charge is 0.388 e. The van der Waals surface area contributed by atoms with Crippen LogP contribution in [-0.4, -0.2) is 5.11 Å². The lowest BCUT2D eigenvalue weighted by Crippen LogP contribution is -2.13. The van der Waals surface area contributed by atoms with Crippen LogP contribution in [0.1, 0.15) is 56.8 Å². The highest BCUT2D eigenvalue weighted by Gasteiger charge is 2.20. The number of hydrogen-bond donors (Lipinski definition) is 1. The van der Waals surface area contributed by atoms with Gasteiger partial charge in [0.2, 0.25) is 0 Å². The number of halogens is 1. The molecule has 96 valence electrons. The van der Waals surface area contributed by atoms with Gasteiger partial charge in [-0.25, -0.2) is 4.39 Å². The second-order valence-electron chi connectivity index (χ2n) is 4.84. The van der Waals surface area contributed by atoms with Crippen molar-refractivity contribution < 1.29 is 9.50 Å². The molecule has 0 saturated heterocycles. The van der Waals surface area contributed by atoms with Crippen LogP contribution < -0.4 is 0 Å². The van der Waals surface area contributed by atoms with Crippen molar-refractivity contribution in [2.75, 3.05) is 0 Å². The number of hydrogen-bond acceptors (Lipinski definition) is 1. The predicted octanol–water partition coefficient (Wildman–Crippen LogP) is 4.38. The molecule has 17 heavy (non-hydrogen) atoms. The van der Waals surface area contributed by atoms with Gasteiger partial charge in [0, 0.05) is 0 Å². The lowest BCUT2D eigenvalue weighted by atomic mass is 9.88. The molecule has 0 fully saturated rings. The fraction of sp³-hybridized carbons (Fsp3) is 0.600. The van der Waals surface area contributed by atoms with Crippen LogP contribution in [-0.2, 0) is 0 Å². The number of aliphatic hydroxyl groups is 1. The molecule has 0 amide bonds. The first-order valence-electron chi connectivity index (χ1n) is 6.53. The van der Waals surface area contributed by atoms with Crippen molar-refractivity contribution in [1.29, 1.82) is 0 Å². The van der Waals surface area contributed by atoms with E-state index in [-0.39, 0.29) is 11.7 Å². The van der Waals surface area contributed by atoms with Crippen LogP contribution in [0.4, 0.5) is 4.39 Å². The molecular formula is C15H23FO. The standard InChI is InChI=1S/C15H23FO/c1-4-6-12(7-5-2)15(17)13-8-11(3)9-14(16)10-13/h8-10,12,15,17H,4-7H2,1-3H3. The Morgan fingerprint density at radius 1 is 1.12 bits per heavy atom. The molecule has 0 aromatic heterocycles. The monoisotopic (exact) mass is 238 g/mol. The fourth-order valence-electron chi connectivity index (χ4n) is 2.41. The Labute approximate surface area is 104 Å². The van der Waals surface area contributed by atoms with Crippen molar-refractivity contribution in [3.8, 4) is 0 Å². The summed E-state index contributed by atoms with van der Waals surface area (Å²) < 4.78 is 13.3. The third-order valence-electron chi connectivity index (χ3n) is 3.17. The van der Waals surface area contributed by atoms with Gasteiger partial charge in [0.05, 0.1) is 6.10 Å². The zero-order valence-electron chi connectivity index (χ0n) is 11.0. The van der Waals surface area contributed by atoms with Crippen molar-refractivity contribution >= 4 is 0 Å². The minimum atomic E-state index is -0.538. The third-order valence-corrected chi connectivity index (χ3v) is 3.17. The zero-order valence-corrected chi connectivity index (χ0v) is 11.0. The van der Waals surface area contributed by atoms with Gasteiger partial charge in [-0.05, 0) is 48.9 Å². The fourth-order valence-corrected chi connectivity index (χ4v) is 2.41. The Morgan fingerprint density at radius 2 is 1.71 bits per heavy atom. The average molecular weight is 238 g/mol. The molecule has 0 saturated carbocycles. The summed E-state index contributed by atoms with van der Waals surface area (Å²) in [6, 6.07) is 4.83. The summed E-state index contributed by atoms with van der Waals surface area (Å²) in [6.45, 7) is 6.09. The molecule has 0 bridgehead atoms. The number of rotatable bonds is 6. The zero-order chi connectivity index (χ0) is 12.8. The first-order valence-corrected chi connectivity index (χ1v) is 6.53. The molecule has 0 heterocycles. The van der Waals surface area contributed by atoms with Crippen LogP contribution in [0.3, 0.4) is 0 Å². The minimum absolute atomic E-state index is 0.242. The summed E-state index contributed by atoms with van der Waals surface area (Å²) in [5.74, 6) is -0.0167. The van der Waals surface area contributed by atoms with Gasteiger partial charge in [0.15, 0.2) is 0 Å². The summed E-state index contributed by atoms with van der Waals surface area (Å²) >= 11 is 0. The maximum absolute atomic E-state index is 13.3. The lowest BCUT2D eigenvalue weighted by Gasteiger charge is -2.22.